The zero-order valence-electron chi connectivity index (χ0n) is 18.0. The molecule has 1 N–H and O–H groups in total. The van der Waals surface area contributed by atoms with Gasteiger partial charge in [-0.25, -0.2) is 5.43 Å². The highest BCUT2D eigenvalue weighted by molar-refractivity contribution is 6.00. The van der Waals surface area contributed by atoms with E-state index >= 15 is 0 Å². The predicted molar refractivity (Wildman–Crippen MR) is 122 cm³/mol. The fourth-order valence-corrected chi connectivity index (χ4v) is 2.92. The lowest BCUT2D eigenvalue weighted by atomic mass is 9.86. The first-order valence-electron chi connectivity index (χ1n) is 10.1. The van der Waals surface area contributed by atoms with Gasteiger partial charge in [0, 0.05) is 5.56 Å². The molecule has 0 bridgehead atoms. The van der Waals surface area contributed by atoms with Crippen LogP contribution in [0.1, 0.15) is 54.7 Å². The Kier molecular flexibility index (Phi) is 6.68. The third kappa shape index (κ3) is 5.80. The summed E-state index contributed by atoms with van der Waals surface area (Å²) < 4.78 is 5.76. The van der Waals surface area contributed by atoms with Crippen molar-refractivity contribution in [1.82, 2.24) is 5.43 Å². The molecule has 1 amide bonds. The summed E-state index contributed by atoms with van der Waals surface area (Å²) in [5.74, 6) is 0.462. The van der Waals surface area contributed by atoms with Crippen molar-refractivity contribution >= 4 is 11.6 Å². The Hall–Kier alpha value is -3.40. The zero-order chi connectivity index (χ0) is 21.6. The highest BCUT2D eigenvalue weighted by Crippen LogP contribution is 2.22. The number of rotatable bonds is 6. The second kappa shape index (κ2) is 9.40. The van der Waals surface area contributed by atoms with Crippen molar-refractivity contribution in [3.63, 3.8) is 0 Å². The smallest absolute Gasteiger partial charge is 0.271 e. The summed E-state index contributed by atoms with van der Waals surface area (Å²) in [6, 6.07) is 25.3. The standard InChI is InChI=1S/C26H28N2O2/c1-19(21-10-14-23(15-11-21)26(2,3)4)27-28-25(29)22-12-16-24(17-13-22)30-18-20-8-6-5-7-9-20/h5-17H,18H2,1-4H3,(H,28,29). The molecule has 0 saturated heterocycles. The summed E-state index contributed by atoms with van der Waals surface area (Å²) in [6.45, 7) is 8.92. The number of carbonyl (C=O) groups is 1. The largest absolute Gasteiger partial charge is 0.489 e. The van der Waals surface area contributed by atoms with Crippen LogP contribution in [-0.2, 0) is 12.0 Å². The van der Waals surface area contributed by atoms with Crippen LogP contribution in [0, 0.1) is 0 Å². The molecular weight excluding hydrogens is 372 g/mol. The molecule has 0 aliphatic heterocycles. The van der Waals surface area contributed by atoms with Crippen molar-refractivity contribution in [1.29, 1.82) is 0 Å². The van der Waals surface area contributed by atoms with Gasteiger partial charge in [0.1, 0.15) is 12.4 Å². The van der Waals surface area contributed by atoms with Crippen LogP contribution < -0.4 is 10.2 Å². The molecule has 4 nitrogen and oxygen atoms in total. The van der Waals surface area contributed by atoms with E-state index in [2.05, 4.69) is 43.4 Å². The molecule has 0 atom stereocenters. The Balaban J connectivity index is 1.57. The minimum Gasteiger partial charge on any atom is -0.489 e. The van der Waals surface area contributed by atoms with Gasteiger partial charge in [0.2, 0.25) is 0 Å². The van der Waals surface area contributed by atoms with E-state index in [1.54, 1.807) is 24.3 Å². The van der Waals surface area contributed by atoms with Crippen molar-refractivity contribution in [2.45, 2.75) is 39.7 Å². The van der Waals surface area contributed by atoms with E-state index in [9.17, 15) is 4.79 Å². The third-order valence-electron chi connectivity index (χ3n) is 4.86. The Morgan fingerprint density at radius 2 is 1.47 bits per heavy atom. The fourth-order valence-electron chi connectivity index (χ4n) is 2.92. The molecule has 3 aromatic rings. The molecule has 0 saturated carbocycles. The number of nitrogens with zero attached hydrogens (tertiary/aromatic N) is 1. The number of benzene rings is 3. The van der Waals surface area contributed by atoms with Crippen LogP contribution >= 0.6 is 0 Å². The number of hydrazone groups is 1. The minimum atomic E-state index is -0.254. The van der Waals surface area contributed by atoms with Crippen LogP contribution in [0.4, 0.5) is 0 Å². The molecular formula is C26H28N2O2. The molecule has 3 aromatic carbocycles. The van der Waals surface area contributed by atoms with Gasteiger partial charge in [0.05, 0.1) is 5.71 Å². The maximum Gasteiger partial charge on any atom is 0.271 e. The lowest BCUT2D eigenvalue weighted by molar-refractivity contribution is 0.0955. The zero-order valence-corrected chi connectivity index (χ0v) is 18.0. The number of hydrogen-bond donors (Lipinski definition) is 1. The summed E-state index contributed by atoms with van der Waals surface area (Å²) in [6.07, 6.45) is 0. The quantitative estimate of drug-likeness (QED) is 0.425. The topological polar surface area (TPSA) is 50.7 Å². The maximum atomic E-state index is 12.4. The summed E-state index contributed by atoms with van der Waals surface area (Å²) in [5.41, 5.74) is 7.36. The number of ether oxygens (including phenoxy) is 1. The molecule has 4 heteroatoms. The van der Waals surface area contributed by atoms with E-state index in [1.807, 2.05) is 49.4 Å². The number of amides is 1. The molecule has 0 aliphatic carbocycles. The van der Waals surface area contributed by atoms with E-state index in [0.29, 0.717) is 17.9 Å². The first kappa shape index (κ1) is 21.3. The number of hydrogen-bond acceptors (Lipinski definition) is 3. The monoisotopic (exact) mass is 400 g/mol. The predicted octanol–water partition coefficient (Wildman–Crippen LogP) is 5.72. The third-order valence-corrected chi connectivity index (χ3v) is 4.86. The van der Waals surface area contributed by atoms with Crippen LogP contribution in [0.2, 0.25) is 0 Å². The van der Waals surface area contributed by atoms with E-state index in [0.717, 1.165) is 16.8 Å². The van der Waals surface area contributed by atoms with Crippen molar-refractivity contribution in [2.75, 3.05) is 0 Å². The normalized spacial score (nSPS) is 11.8. The van der Waals surface area contributed by atoms with Gasteiger partial charge in [-0.15, -0.1) is 0 Å². The summed E-state index contributed by atoms with van der Waals surface area (Å²) in [7, 11) is 0. The van der Waals surface area contributed by atoms with Gasteiger partial charge in [0.15, 0.2) is 0 Å². The molecule has 3 rings (SSSR count). The maximum absolute atomic E-state index is 12.4. The van der Waals surface area contributed by atoms with Crippen LogP contribution in [0.15, 0.2) is 84.0 Å². The van der Waals surface area contributed by atoms with Crippen LogP contribution in [0.25, 0.3) is 0 Å². The molecule has 0 aromatic heterocycles. The van der Waals surface area contributed by atoms with Gasteiger partial charge in [-0.3, -0.25) is 4.79 Å². The summed E-state index contributed by atoms with van der Waals surface area (Å²) >= 11 is 0. The van der Waals surface area contributed by atoms with E-state index in [-0.39, 0.29) is 11.3 Å². The van der Waals surface area contributed by atoms with E-state index < -0.39 is 0 Å². The van der Waals surface area contributed by atoms with Crippen molar-refractivity contribution < 1.29 is 9.53 Å². The van der Waals surface area contributed by atoms with Crippen LogP contribution in [0.3, 0.4) is 0 Å². The average Bonchev–Trinajstić information content (AvgIpc) is 2.76. The summed E-state index contributed by atoms with van der Waals surface area (Å²) in [5, 5.41) is 4.25. The van der Waals surface area contributed by atoms with E-state index in [4.69, 9.17) is 4.74 Å². The molecule has 0 aliphatic rings. The first-order valence-corrected chi connectivity index (χ1v) is 10.1. The lowest BCUT2D eigenvalue weighted by Crippen LogP contribution is -2.19. The molecule has 0 fully saturated rings. The second-order valence-corrected chi connectivity index (χ2v) is 8.26. The Morgan fingerprint density at radius 1 is 0.867 bits per heavy atom. The second-order valence-electron chi connectivity index (χ2n) is 8.26. The van der Waals surface area contributed by atoms with Crippen LogP contribution in [0.5, 0.6) is 5.75 Å². The molecule has 0 heterocycles. The lowest BCUT2D eigenvalue weighted by Gasteiger charge is -2.19. The fraction of sp³-hybridized carbons (Fsp3) is 0.231. The van der Waals surface area contributed by atoms with Gasteiger partial charge in [-0.1, -0.05) is 75.4 Å². The van der Waals surface area contributed by atoms with E-state index in [1.165, 1.54) is 5.56 Å². The first-order chi connectivity index (χ1) is 14.3. The number of carbonyl (C=O) groups excluding carboxylic acids is 1. The Labute approximate surface area is 178 Å². The summed E-state index contributed by atoms with van der Waals surface area (Å²) in [4.78, 5) is 12.4. The van der Waals surface area contributed by atoms with Crippen molar-refractivity contribution in [2.24, 2.45) is 5.10 Å². The molecule has 0 radical (unpaired) electrons. The van der Waals surface area contributed by atoms with Gasteiger partial charge in [0.25, 0.3) is 5.91 Å². The van der Waals surface area contributed by atoms with Gasteiger partial charge in [-0.2, -0.15) is 5.10 Å². The van der Waals surface area contributed by atoms with Crippen molar-refractivity contribution in [3.8, 4) is 5.75 Å². The van der Waals surface area contributed by atoms with Gasteiger partial charge >= 0.3 is 0 Å². The highest BCUT2D eigenvalue weighted by atomic mass is 16.5. The Bertz CT molecular complexity index is 1000. The highest BCUT2D eigenvalue weighted by Gasteiger charge is 2.13. The number of nitrogens with one attached hydrogen (secondary N) is 1. The SMILES string of the molecule is CC(=NNC(=O)c1ccc(OCc2ccccc2)cc1)c1ccc(C(C)(C)C)cc1. The molecule has 0 spiro atoms. The van der Waals surface area contributed by atoms with Crippen molar-refractivity contribution in [3.05, 3.63) is 101 Å². The average molecular weight is 401 g/mol. The Morgan fingerprint density at radius 3 is 2.07 bits per heavy atom. The minimum absolute atomic E-state index is 0.106. The van der Waals surface area contributed by atoms with Gasteiger partial charge < -0.3 is 4.74 Å². The molecule has 154 valence electrons. The van der Waals surface area contributed by atoms with Gasteiger partial charge in [-0.05, 0) is 53.3 Å². The molecule has 30 heavy (non-hydrogen) atoms. The molecule has 0 unspecified atom stereocenters. The van der Waals surface area contributed by atoms with Crippen LogP contribution in [-0.4, -0.2) is 11.6 Å².